The molecule has 0 amide bonds. The van der Waals surface area contributed by atoms with Gasteiger partial charge in [0.15, 0.2) is 0 Å². The number of rotatable bonds is 2. The molecule has 0 aliphatic rings. The molecule has 0 aromatic heterocycles. The maximum Gasteiger partial charge on any atom is 0.129 e. The van der Waals surface area contributed by atoms with Crippen LogP contribution in [0.2, 0.25) is 5.02 Å². The summed E-state index contributed by atoms with van der Waals surface area (Å²) in [6.45, 7) is 3.98. The van der Waals surface area contributed by atoms with Crippen molar-refractivity contribution in [3.05, 3.63) is 67.9 Å². The molecule has 2 aromatic rings. The average Bonchev–Trinajstić information content (AvgIpc) is 2.33. The Kier molecular flexibility index (Phi) is 4.54. The second-order valence-corrected chi connectivity index (χ2v) is 6.21. The molecular weight excluding hydrogens is 350 g/mol. The van der Waals surface area contributed by atoms with Crippen LogP contribution < -0.4 is 0 Å². The predicted molar refractivity (Wildman–Crippen MR) is 82.7 cm³/mol. The van der Waals surface area contributed by atoms with Gasteiger partial charge in [-0.2, -0.15) is 0 Å². The van der Waals surface area contributed by atoms with Crippen molar-refractivity contribution in [3.8, 4) is 0 Å². The van der Waals surface area contributed by atoms with Crippen LogP contribution in [-0.4, -0.2) is 0 Å². The van der Waals surface area contributed by atoms with E-state index in [1.807, 2.05) is 32.0 Å². The molecule has 0 aliphatic heterocycles. The fourth-order valence-corrected chi connectivity index (χ4v) is 2.91. The van der Waals surface area contributed by atoms with Crippen LogP contribution in [0.25, 0.3) is 0 Å². The normalized spacial score (nSPS) is 12.5. The summed E-state index contributed by atoms with van der Waals surface area (Å²) in [6, 6.07) is 8.84. The summed E-state index contributed by atoms with van der Waals surface area (Å²) >= 11 is 15.6. The second kappa shape index (κ2) is 5.82. The third-order valence-electron chi connectivity index (χ3n) is 3.01. The molecule has 0 spiro atoms. The van der Waals surface area contributed by atoms with Crippen molar-refractivity contribution in [2.24, 2.45) is 0 Å². The van der Waals surface area contributed by atoms with Crippen LogP contribution >= 0.6 is 39.1 Å². The van der Waals surface area contributed by atoms with Crippen molar-refractivity contribution in [1.29, 1.82) is 0 Å². The van der Waals surface area contributed by atoms with E-state index in [9.17, 15) is 4.39 Å². The standard InChI is InChI=1S/C15H12BrCl2F/c1-8-3-4-10(9(2)5-8)15(18)11-6-13(17)12(16)7-14(11)19/h3-7,15H,1-2H3. The van der Waals surface area contributed by atoms with Gasteiger partial charge in [-0.25, -0.2) is 4.39 Å². The van der Waals surface area contributed by atoms with E-state index in [0.717, 1.165) is 16.7 Å². The lowest BCUT2D eigenvalue weighted by Crippen LogP contribution is -2.00. The Hall–Kier alpha value is -0.570. The van der Waals surface area contributed by atoms with Crippen LogP contribution in [0.1, 0.15) is 27.6 Å². The predicted octanol–water partition coefficient (Wildman–Crippen LogP) is 6.19. The van der Waals surface area contributed by atoms with Gasteiger partial charge in [0.25, 0.3) is 0 Å². The van der Waals surface area contributed by atoms with Crippen molar-refractivity contribution in [3.63, 3.8) is 0 Å². The van der Waals surface area contributed by atoms with Crippen LogP contribution in [0.15, 0.2) is 34.8 Å². The Balaban J connectivity index is 2.49. The van der Waals surface area contributed by atoms with Crippen LogP contribution in [0, 0.1) is 19.7 Å². The molecule has 0 saturated heterocycles. The molecule has 100 valence electrons. The van der Waals surface area contributed by atoms with Crippen molar-refractivity contribution in [1.82, 2.24) is 0 Å². The molecule has 0 heterocycles. The molecule has 0 N–H and O–H groups in total. The molecule has 0 nitrogen and oxygen atoms in total. The first-order valence-corrected chi connectivity index (χ1v) is 7.36. The highest BCUT2D eigenvalue weighted by molar-refractivity contribution is 9.10. The van der Waals surface area contributed by atoms with Crippen molar-refractivity contribution < 1.29 is 4.39 Å². The fourth-order valence-electron chi connectivity index (χ4n) is 2.01. The van der Waals surface area contributed by atoms with Crippen molar-refractivity contribution >= 4 is 39.1 Å². The van der Waals surface area contributed by atoms with Gasteiger partial charge in [0.1, 0.15) is 5.82 Å². The summed E-state index contributed by atoms with van der Waals surface area (Å²) in [7, 11) is 0. The third kappa shape index (κ3) is 3.13. The van der Waals surface area contributed by atoms with Gasteiger partial charge in [-0.1, -0.05) is 35.4 Å². The zero-order valence-electron chi connectivity index (χ0n) is 10.5. The molecule has 0 bridgehead atoms. The first-order valence-electron chi connectivity index (χ1n) is 5.76. The number of aryl methyl sites for hydroxylation is 2. The molecular formula is C15H12BrCl2F. The van der Waals surface area contributed by atoms with E-state index in [1.165, 1.54) is 6.07 Å². The maximum atomic E-state index is 14.0. The lowest BCUT2D eigenvalue weighted by molar-refractivity contribution is 0.611. The van der Waals surface area contributed by atoms with Crippen LogP contribution in [-0.2, 0) is 0 Å². The maximum absolute atomic E-state index is 14.0. The quantitative estimate of drug-likeness (QED) is 0.442. The van der Waals surface area contributed by atoms with E-state index >= 15 is 0 Å². The zero-order valence-corrected chi connectivity index (χ0v) is 13.6. The van der Waals surface area contributed by atoms with Gasteiger partial charge in [0, 0.05) is 10.0 Å². The molecule has 2 aromatic carbocycles. The van der Waals surface area contributed by atoms with Gasteiger partial charge in [0.05, 0.1) is 10.4 Å². The minimum atomic E-state index is -0.550. The van der Waals surface area contributed by atoms with E-state index in [2.05, 4.69) is 15.9 Å². The summed E-state index contributed by atoms with van der Waals surface area (Å²) < 4.78 is 14.5. The zero-order chi connectivity index (χ0) is 14.2. The minimum Gasteiger partial charge on any atom is -0.207 e. The first kappa shape index (κ1) is 14.8. The highest BCUT2D eigenvalue weighted by Gasteiger charge is 2.18. The smallest absolute Gasteiger partial charge is 0.129 e. The topological polar surface area (TPSA) is 0 Å². The molecule has 2 rings (SSSR count). The van der Waals surface area contributed by atoms with Gasteiger partial charge in [-0.3, -0.25) is 0 Å². The largest absolute Gasteiger partial charge is 0.207 e. The SMILES string of the molecule is Cc1ccc(C(Cl)c2cc(Cl)c(Br)cc2F)c(C)c1. The third-order valence-corrected chi connectivity index (χ3v) is 4.68. The molecule has 1 unspecified atom stereocenters. The number of halogens is 4. The van der Waals surface area contributed by atoms with E-state index in [4.69, 9.17) is 23.2 Å². The number of alkyl halides is 1. The van der Waals surface area contributed by atoms with Crippen LogP contribution in [0.3, 0.4) is 0 Å². The van der Waals surface area contributed by atoms with E-state index in [1.54, 1.807) is 6.07 Å². The lowest BCUT2D eigenvalue weighted by atomic mass is 9.98. The van der Waals surface area contributed by atoms with E-state index in [0.29, 0.717) is 15.1 Å². The van der Waals surface area contributed by atoms with Crippen LogP contribution in [0.5, 0.6) is 0 Å². The minimum absolute atomic E-state index is 0.365. The highest BCUT2D eigenvalue weighted by atomic mass is 79.9. The second-order valence-electron chi connectivity index (χ2n) is 4.51. The monoisotopic (exact) mass is 360 g/mol. The fraction of sp³-hybridized carbons (Fsp3) is 0.200. The molecule has 4 heteroatoms. The van der Waals surface area contributed by atoms with Gasteiger partial charge in [0.2, 0.25) is 0 Å². The van der Waals surface area contributed by atoms with Crippen LogP contribution in [0.4, 0.5) is 4.39 Å². The van der Waals surface area contributed by atoms with Gasteiger partial charge in [-0.15, -0.1) is 11.6 Å². The Morgan fingerprint density at radius 2 is 1.79 bits per heavy atom. The summed E-state index contributed by atoms with van der Waals surface area (Å²) in [5.74, 6) is -0.365. The Bertz CT molecular complexity index is 626. The molecule has 0 fully saturated rings. The van der Waals surface area contributed by atoms with Crippen molar-refractivity contribution in [2.45, 2.75) is 19.2 Å². The van der Waals surface area contributed by atoms with Gasteiger partial charge < -0.3 is 0 Å². The lowest BCUT2D eigenvalue weighted by Gasteiger charge is -2.15. The molecule has 0 saturated carbocycles. The first-order chi connectivity index (χ1) is 8.90. The molecule has 19 heavy (non-hydrogen) atoms. The molecule has 0 aliphatic carbocycles. The average molecular weight is 362 g/mol. The summed E-state index contributed by atoms with van der Waals surface area (Å²) in [4.78, 5) is 0. The van der Waals surface area contributed by atoms with Crippen molar-refractivity contribution in [2.75, 3.05) is 0 Å². The van der Waals surface area contributed by atoms with E-state index < -0.39 is 5.38 Å². The molecule has 0 radical (unpaired) electrons. The Labute approximate surface area is 130 Å². The summed E-state index contributed by atoms with van der Waals surface area (Å²) in [6.07, 6.45) is 0. The molecule has 1 atom stereocenters. The number of hydrogen-bond acceptors (Lipinski definition) is 0. The Morgan fingerprint density at radius 3 is 2.42 bits per heavy atom. The number of benzene rings is 2. The Morgan fingerprint density at radius 1 is 1.11 bits per heavy atom. The highest BCUT2D eigenvalue weighted by Crippen LogP contribution is 2.36. The van der Waals surface area contributed by atoms with Gasteiger partial charge >= 0.3 is 0 Å². The van der Waals surface area contributed by atoms with Gasteiger partial charge in [-0.05, 0) is 53.0 Å². The number of hydrogen-bond donors (Lipinski definition) is 0. The summed E-state index contributed by atoms with van der Waals surface area (Å²) in [5.41, 5.74) is 3.48. The van der Waals surface area contributed by atoms with E-state index in [-0.39, 0.29) is 5.82 Å². The summed E-state index contributed by atoms with van der Waals surface area (Å²) in [5, 5.41) is -0.0991.